The smallest absolute Gasteiger partial charge is 0.342 e. The van der Waals surface area contributed by atoms with E-state index in [0.717, 1.165) is 23.9 Å². The number of benzene rings is 1. The van der Waals surface area contributed by atoms with Gasteiger partial charge in [0.25, 0.3) is 0 Å². The monoisotopic (exact) mass is 292 g/mol. The van der Waals surface area contributed by atoms with Gasteiger partial charge < -0.3 is 9.84 Å². The number of carbonyl (C=O) groups is 1. The van der Waals surface area contributed by atoms with Gasteiger partial charge in [-0.15, -0.1) is 0 Å². The molecule has 0 aliphatic heterocycles. The number of carboxylic acids is 1. The third kappa shape index (κ3) is 3.21. The fourth-order valence-electron chi connectivity index (χ4n) is 2.06. The highest BCUT2D eigenvalue weighted by atomic mass is 19.1. The fraction of sp³-hybridized carbons (Fsp3) is 0.333. The maximum Gasteiger partial charge on any atom is 0.342 e. The molecule has 1 N–H and O–H groups in total. The lowest BCUT2D eigenvalue weighted by molar-refractivity contribution is 0.0686. The van der Waals surface area contributed by atoms with Gasteiger partial charge in [0.1, 0.15) is 23.7 Å². The lowest BCUT2D eigenvalue weighted by atomic mass is 10.2. The maximum atomic E-state index is 13.6. The van der Waals surface area contributed by atoms with Crippen LogP contribution >= 0.6 is 0 Å². The van der Waals surface area contributed by atoms with Crippen LogP contribution in [0.1, 0.15) is 35.6 Å². The predicted octanol–water partition coefficient (Wildman–Crippen LogP) is 2.88. The van der Waals surface area contributed by atoms with Crippen molar-refractivity contribution >= 4 is 5.97 Å². The summed E-state index contributed by atoms with van der Waals surface area (Å²) >= 11 is 0. The van der Waals surface area contributed by atoms with Crippen LogP contribution < -0.4 is 4.74 Å². The van der Waals surface area contributed by atoms with Gasteiger partial charge in [0.05, 0.1) is 11.4 Å². The van der Waals surface area contributed by atoms with Crippen LogP contribution in [0.15, 0.2) is 24.3 Å². The first-order valence-corrected chi connectivity index (χ1v) is 6.77. The van der Waals surface area contributed by atoms with Gasteiger partial charge in [-0.1, -0.05) is 13.0 Å². The largest absolute Gasteiger partial charge is 0.486 e. The summed E-state index contributed by atoms with van der Waals surface area (Å²) in [7, 11) is 0. The second-order valence-electron chi connectivity index (χ2n) is 4.50. The van der Waals surface area contributed by atoms with Gasteiger partial charge in [0, 0.05) is 6.54 Å². The Bertz CT molecular complexity index is 652. The third-order valence-corrected chi connectivity index (χ3v) is 3.14. The minimum atomic E-state index is -1.35. The average molecular weight is 292 g/mol. The molecule has 0 saturated heterocycles. The Morgan fingerprint density at radius 2 is 2.19 bits per heavy atom. The average Bonchev–Trinajstić information content (AvgIpc) is 2.87. The molecular formula is C15H17FN2O3. The van der Waals surface area contributed by atoms with Gasteiger partial charge >= 0.3 is 5.97 Å². The van der Waals surface area contributed by atoms with E-state index in [2.05, 4.69) is 5.10 Å². The molecule has 0 bridgehead atoms. The minimum absolute atomic E-state index is 0.0180. The fourth-order valence-corrected chi connectivity index (χ4v) is 2.06. The summed E-state index contributed by atoms with van der Waals surface area (Å²) in [5.74, 6) is -2.14. The number of aromatic nitrogens is 2. The molecule has 21 heavy (non-hydrogen) atoms. The van der Waals surface area contributed by atoms with Gasteiger partial charge in [-0.25, -0.2) is 9.18 Å². The Labute approximate surface area is 122 Å². The van der Waals surface area contributed by atoms with Crippen molar-refractivity contribution in [3.05, 3.63) is 47.0 Å². The molecule has 1 aromatic carbocycles. The number of aromatic carboxylic acids is 1. The van der Waals surface area contributed by atoms with Crippen LogP contribution in [0.3, 0.4) is 0 Å². The molecule has 112 valence electrons. The van der Waals surface area contributed by atoms with Crippen LogP contribution in [0.4, 0.5) is 4.39 Å². The predicted molar refractivity (Wildman–Crippen MR) is 75.0 cm³/mol. The molecule has 0 atom stereocenters. The number of hydrogen-bond donors (Lipinski definition) is 1. The van der Waals surface area contributed by atoms with Crippen LogP contribution in [-0.2, 0) is 19.6 Å². The SMILES string of the molecule is CCc1cc(COc2cccc(F)c2C(=O)O)n(CC)n1. The molecule has 0 radical (unpaired) electrons. The zero-order valence-electron chi connectivity index (χ0n) is 12.0. The Balaban J connectivity index is 2.22. The number of hydrogen-bond acceptors (Lipinski definition) is 3. The topological polar surface area (TPSA) is 64.3 Å². The summed E-state index contributed by atoms with van der Waals surface area (Å²) < 4.78 is 20.8. The highest BCUT2D eigenvalue weighted by molar-refractivity contribution is 5.91. The van der Waals surface area contributed by atoms with Crippen molar-refractivity contribution in [1.29, 1.82) is 0 Å². The summed E-state index contributed by atoms with van der Waals surface area (Å²) in [6, 6.07) is 5.87. The van der Waals surface area contributed by atoms with E-state index in [1.165, 1.54) is 12.1 Å². The molecule has 6 heteroatoms. The summed E-state index contributed by atoms with van der Waals surface area (Å²) in [5.41, 5.74) is 1.32. The van der Waals surface area contributed by atoms with E-state index in [9.17, 15) is 9.18 Å². The minimum Gasteiger partial charge on any atom is -0.486 e. The number of nitrogens with zero attached hydrogens (tertiary/aromatic N) is 2. The maximum absolute atomic E-state index is 13.6. The summed E-state index contributed by atoms with van der Waals surface area (Å²) in [6.07, 6.45) is 0.806. The van der Waals surface area contributed by atoms with Crippen LogP contribution in [0.25, 0.3) is 0 Å². The van der Waals surface area contributed by atoms with Crippen molar-refractivity contribution in [1.82, 2.24) is 9.78 Å². The number of ether oxygens (including phenoxy) is 1. The van der Waals surface area contributed by atoms with Crippen molar-refractivity contribution in [2.24, 2.45) is 0 Å². The number of carboxylic acid groups (broad SMARTS) is 1. The highest BCUT2D eigenvalue weighted by Gasteiger charge is 2.17. The number of halogens is 1. The third-order valence-electron chi connectivity index (χ3n) is 3.14. The van der Waals surface area contributed by atoms with E-state index in [1.54, 1.807) is 4.68 Å². The van der Waals surface area contributed by atoms with Crippen molar-refractivity contribution < 1.29 is 19.0 Å². The molecule has 0 aliphatic rings. The lowest BCUT2D eigenvalue weighted by Gasteiger charge is -2.10. The first-order valence-electron chi connectivity index (χ1n) is 6.77. The second-order valence-corrected chi connectivity index (χ2v) is 4.50. The quantitative estimate of drug-likeness (QED) is 0.889. The van der Waals surface area contributed by atoms with E-state index < -0.39 is 17.3 Å². The van der Waals surface area contributed by atoms with E-state index in [4.69, 9.17) is 9.84 Å². The van der Waals surface area contributed by atoms with Crippen LogP contribution in [0.5, 0.6) is 5.75 Å². The van der Waals surface area contributed by atoms with E-state index in [0.29, 0.717) is 6.54 Å². The molecule has 5 nitrogen and oxygen atoms in total. The zero-order chi connectivity index (χ0) is 15.4. The van der Waals surface area contributed by atoms with E-state index >= 15 is 0 Å². The molecule has 0 fully saturated rings. The zero-order valence-corrected chi connectivity index (χ0v) is 12.0. The van der Waals surface area contributed by atoms with Crippen LogP contribution in [0, 0.1) is 5.82 Å². The Morgan fingerprint density at radius 1 is 1.43 bits per heavy atom. The Hall–Kier alpha value is -2.37. The van der Waals surface area contributed by atoms with Gasteiger partial charge in [-0.2, -0.15) is 5.10 Å². The summed E-state index contributed by atoms with van der Waals surface area (Å²) in [5, 5.41) is 13.4. The van der Waals surface area contributed by atoms with Crippen molar-refractivity contribution in [3.63, 3.8) is 0 Å². The van der Waals surface area contributed by atoms with Crippen molar-refractivity contribution in [3.8, 4) is 5.75 Å². The molecule has 2 rings (SSSR count). The Kier molecular flexibility index (Phi) is 4.57. The van der Waals surface area contributed by atoms with Gasteiger partial charge in [-0.3, -0.25) is 4.68 Å². The molecule has 0 unspecified atom stereocenters. The van der Waals surface area contributed by atoms with Crippen molar-refractivity contribution in [2.75, 3.05) is 0 Å². The Morgan fingerprint density at radius 3 is 2.81 bits per heavy atom. The normalized spacial score (nSPS) is 10.6. The van der Waals surface area contributed by atoms with E-state index in [1.807, 2.05) is 19.9 Å². The standard InChI is InChI=1S/C15H17FN2O3/c1-3-10-8-11(18(4-2)17-10)9-21-13-7-5-6-12(16)14(13)15(19)20/h5-8H,3-4,9H2,1-2H3,(H,19,20). The second kappa shape index (κ2) is 6.39. The van der Waals surface area contributed by atoms with Crippen LogP contribution in [-0.4, -0.2) is 20.9 Å². The van der Waals surface area contributed by atoms with Gasteiger partial charge in [0.15, 0.2) is 0 Å². The molecule has 2 aromatic rings. The first-order chi connectivity index (χ1) is 10.1. The molecule has 1 heterocycles. The molecule has 0 amide bonds. The van der Waals surface area contributed by atoms with Crippen LogP contribution in [0.2, 0.25) is 0 Å². The lowest BCUT2D eigenvalue weighted by Crippen LogP contribution is -2.09. The molecular weight excluding hydrogens is 275 g/mol. The first kappa shape index (κ1) is 15.0. The summed E-state index contributed by atoms with van der Waals surface area (Å²) in [6.45, 7) is 4.79. The van der Waals surface area contributed by atoms with Gasteiger partial charge in [-0.05, 0) is 31.5 Å². The van der Waals surface area contributed by atoms with Gasteiger partial charge in [0.2, 0.25) is 0 Å². The highest BCUT2D eigenvalue weighted by Crippen LogP contribution is 2.22. The molecule has 1 aromatic heterocycles. The number of aryl methyl sites for hydroxylation is 2. The van der Waals surface area contributed by atoms with Crippen molar-refractivity contribution in [2.45, 2.75) is 33.4 Å². The number of rotatable bonds is 6. The molecule has 0 spiro atoms. The van der Waals surface area contributed by atoms with E-state index in [-0.39, 0.29) is 12.4 Å². The molecule has 0 saturated carbocycles. The molecule has 0 aliphatic carbocycles. The summed E-state index contributed by atoms with van der Waals surface area (Å²) in [4.78, 5) is 11.1.